The van der Waals surface area contributed by atoms with Gasteiger partial charge in [-0.2, -0.15) is 0 Å². The molecule has 3 aromatic rings. The van der Waals surface area contributed by atoms with Crippen LogP contribution in [-0.2, 0) is 22.6 Å². The van der Waals surface area contributed by atoms with E-state index in [0.717, 1.165) is 20.5 Å². The molecule has 0 heterocycles. The Labute approximate surface area is 202 Å². The minimum atomic E-state index is -0.600. The highest BCUT2D eigenvalue weighted by Crippen LogP contribution is 2.22. The highest BCUT2D eigenvalue weighted by molar-refractivity contribution is 9.10. The molecule has 0 saturated carbocycles. The van der Waals surface area contributed by atoms with E-state index in [0.29, 0.717) is 13.0 Å². The van der Waals surface area contributed by atoms with Gasteiger partial charge in [0.2, 0.25) is 11.8 Å². The van der Waals surface area contributed by atoms with Crippen LogP contribution < -0.4 is 5.32 Å². The van der Waals surface area contributed by atoms with Crippen LogP contribution in [0.4, 0.5) is 0 Å². The summed E-state index contributed by atoms with van der Waals surface area (Å²) in [6.07, 6.45) is 0.456. The molecule has 0 aliphatic rings. The minimum Gasteiger partial charge on any atom is -0.357 e. The first kappa shape index (κ1) is 24.1. The van der Waals surface area contributed by atoms with E-state index in [-0.39, 0.29) is 17.6 Å². The first-order chi connectivity index (χ1) is 15.5. The molecule has 3 rings (SSSR count). The summed E-state index contributed by atoms with van der Waals surface area (Å²) in [5, 5.41) is 2.75. The monoisotopic (exact) mass is 510 g/mol. The SMILES string of the molecule is CNC(=O)[C@H](Cc1ccccc1)N(Cc1ccc(Br)cc1)C(=O)CSc1ccc(C)cc1. The van der Waals surface area contributed by atoms with Crippen LogP contribution in [0.5, 0.6) is 0 Å². The molecule has 0 aliphatic carbocycles. The number of rotatable bonds is 9. The van der Waals surface area contributed by atoms with Crippen molar-refractivity contribution in [2.24, 2.45) is 0 Å². The van der Waals surface area contributed by atoms with Crippen LogP contribution in [-0.4, -0.2) is 35.6 Å². The molecular weight excluding hydrogens is 484 g/mol. The lowest BCUT2D eigenvalue weighted by molar-refractivity contribution is -0.139. The van der Waals surface area contributed by atoms with Crippen molar-refractivity contribution in [1.82, 2.24) is 10.2 Å². The van der Waals surface area contributed by atoms with Crippen molar-refractivity contribution < 1.29 is 9.59 Å². The smallest absolute Gasteiger partial charge is 0.242 e. The van der Waals surface area contributed by atoms with Gasteiger partial charge in [-0.05, 0) is 42.3 Å². The Morgan fingerprint density at radius 1 is 0.938 bits per heavy atom. The fourth-order valence-electron chi connectivity index (χ4n) is 3.37. The second-order valence-corrected chi connectivity index (χ2v) is 9.53. The third-order valence-electron chi connectivity index (χ3n) is 5.17. The molecule has 166 valence electrons. The Balaban J connectivity index is 1.85. The number of thioether (sulfide) groups is 1. The van der Waals surface area contributed by atoms with Crippen molar-refractivity contribution in [2.45, 2.75) is 30.8 Å². The lowest BCUT2D eigenvalue weighted by Crippen LogP contribution is -2.50. The van der Waals surface area contributed by atoms with Crippen LogP contribution in [0, 0.1) is 6.92 Å². The first-order valence-electron chi connectivity index (χ1n) is 10.4. The summed E-state index contributed by atoms with van der Waals surface area (Å²) in [4.78, 5) is 29.1. The Morgan fingerprint density at radius 2 is 1.59 bits per heavy atom. The second-order valence-electron chi connectivity index (χ2n) is 7.57. The number of amides is 2. The van der Waals surface area contributed by atoms with Gasteiger partial charge in [-0.15, -0.1) is 11.8 Å². The summed E-state index contributed by atoms with van der Waals surface area (Å²) in [7, 11) is 1.61. The van der Waals surface area contributed by atoms with E-state index in [1.54, 1.807) is 11.9 Å². The van der Waals surface area contributed by atoms with Crippen LogP contribution in [0.3, 0.4) is 0 Å². The summed E-state index contributed by atoms with van der Waals surface area (Å²) in [5.74, 6) is 0.0321. The van der Waals surface area contributed by atoms with Crippen LogP contribution in [0.25, 0.3) is 0 Å². The Kier molecular flexibility index (Phi) is 8.94. The number of carbonyl (C=O) groups is 2. The van der Waals surface area contributed by atoms with Crippen molar-refractivity contribution in [3.05, 3.63) is 100 Å². The summed E-state index contributed by atoms with van der Waals surface area (Å²) in [5.41, 5.74) is 3.17. The largest absolute Gasteiger partial charge is 0.357 e. The van der Waals surface area contributed by atoms with Gasteiger partial charge < -0.3 is 10.2 Å². The highest BCUT2D eigenvalue weighted by atomic mass is 79.9. The average molecular weight is 511 g/mol. The fourth-order valence-corrected chi connectivity index (χ4v) is 4.42. The molecule has 0 aromatic heterocycles. The normalized spacial score (nSPS) is 11.6. The summed E-state index contributed by atoms with van der Waals surface area (Å²) in [6.45, 7) is 2.41. The van der Waals surface area contributed by atoms with Gasteiger partial charge in [0.05, 0.1) is 5.75 Å². The number of nitrogens with zero attached hydrogens (tertiary/aromatic N) is 1. The minimum absolute atomic E-state index is 0.0666. The van der Waals surface area contributed by atoms with E-state index in [4.69, 9.17) is 0 Å². The molecule has 0 saturated heterocycles. The number of hydrogen-bond donors (Lipinski definition) is 1. The van der Waals surface area contributed by atoms with Gasteiger partial charge >= 0.3 is 0 Å². The van der Waals surface area contributed by atoms with Gasteiger partial charge in [-0.3, -0.25) is 9.59 Å². The maximum Gasteiger partial charge on any atom is 0.242 e. The fraction of sp³-hybridized carbons (Fsp3) is 0.231. The topological polar surface area (TPSA) is 49.4 Å². The summed E-state index contributed by atoms with van der Waals surface area (Å²) >= 11 is 4.95. The predicted molar refractivity (Wildman–Crippen MR) is 135 cm³/mol. The maximum atomic E-state index is 13.4. The predicted octanol–water partition coefficient (Wildman–Crippen LogP) is 5.24. The molecule has 1 atom stereocenters. The van der Waals surface area contributed by atoms with Crippen molar-refractivity contribution in [2.75, 3.05) is 12.8 Å². The maximum absolute atomic E-state index is 13.4. The number of benzene rings is 3. The Morgan fingerprint density at radius 3 is 2.22 bits per heavy atom. The van der Waals surface area contributed by atoms with Gasteiger partial charge in [-0.1, -0.05) is 76.1 Å². The molecule has 4 nitrogen and oxygen atoms in total. The van der Waals surface area contributed by atoms with Gasteiger partial charge in [0, 0.05) is 29.4 Å². The number of carbonyl (C=O) groups excluding carboxylic acids is 2. The molecule has 0 fully saturated rings. The molecular formula is C26H27BrN2O2S. The van der Waals surface area contributed by atoms with Crippen LogP contribution in [0.15, 0.2) is 88.2 Å². The molecule has 2 amide bonds. The lowest BCUT2D eigenvalue weighted by Gasteiger charge is -2.31. The van der Waals surface area contributed by atoms with E-state index in [1.807, 2.05) is 85.8 Å². The molecule has 0 unspecified atom stereocenters. The molecule has 1 N–H and O–H groups in total. The number of nitrogens with one attached hydrogen (secondary N) is 1. The first-order valence-corrected chi connectivity index (χ1v) is 12.2. The zero-order valence-corrected chi connectivity index (χ0v) is 20.7. The van der Waals surface area contributed by atoms with Crippen molar-refractivity contribution >= 4 is 39.5 Å². The molecule has 0 radical (unpaired) electrons. The third kappa shape index (κ3) is 6.97. The van der Waals surface area contributed by atoms with E-state index in [2.05, 4.69) is 21.2 Å². The number of aryl methyl sites for hydroxylation is 1. The molecule has 0 bridgehead atoms. The number of hydrogen-bond acceptors (Lipinski definition) is 3. The Bertz CT molecular complexity index is 1020. The standard InChI is InChI=1S/C26H27BrN2O2S/c1-19-8-14-23(15-9-19)32-18-25(30)29(17-21-10-12-22(27)13-11-21)24(26(31)28-2)16-20-6-4-3-5-7-20/h3-15,24H,16-18H2,1-2H3,(H,28,31)/t24-/m0/s1. The van der Waals surface area contributed by atoms with Gasteiger partial charge in [0.15, 0.2) is 0 Å². The zero-order chi connectivity index (χ0) is 22.9. The summed E-state index contributed by atoms with van der Waals surface area (Å²) < 4.78 is 0.973. The van der Waals surface area contributed by atoms with Crippen molar-refractivity contribution in [3.8, 4) is 0 Å². The average Bonchev–Trinajstić information content (AvgIpc) is 2.82. The molecule has 6 heteroatoms. The van der Waals surface area contributed by atoms with E-state index < -0.39 is 6.04 Å². The van der Waals surface area contributed by atoms with Crippen molar-refractivity contribution in [1.29, 1.82) is 0 Å². The highest BCUT2D eigenvalue weighted by Gasteiger charge is 2.29. The van der Waals surface area contributed by atoms with E-state index in [1.165, 1.54) is 17.3 Å². The van der Waals surface area contributed by atoms with Crippen LogP contribution >= 0.6 is 27.7 Å². The van der Waals surface area contributed by atoms with Crippen LogP contribution in [0.1, 0.15) is 16.7 Å². The van der Waals surface area contributed by atoms with E-state index >= 15 is 0 Å². The second kappa shape index (κ2) is 11.9. The van der Waals surface area contributed by atoms with Gasteiger partial charge in [-0.25, -0.2) is 0 Å². The quantitative estimate of drug-likeness (QED) is 0.400. The third-order valence-corrected chi connectivity index (χ3v) is 6.69. The molecule has 32 heavy (non-hydrogen) atoms. The number of likely N-dealkylation sites (N-methyl/N-ethyl adjacent to an activating group) is 1. The van der Waals surface area contributed by atoms with Gasteiger partial charge in [0.25, 0.3) is 0 Å². The molecule has 0 spiro atoms. The number of halogens is 1. The zero-order valence-electron chi connectivity index (χ0n) is 18.3. The van der Waals surface area contributed by atoms with Crippen molar-refractivity contribution in [3.63, 3.8) is 0 Å². The van der Waals surface area contributed by atoms with Crippen LogP contribution in [0.2, 0.25) is 0 Å². The Hall–Kier alpha value is -2.57. The van der Waals surface area contributed by atoms with Gasteiger partial charge in [0.1, 0.15) is 6.04 Å². The lowest BCUT2D eigenvalue weighted by atomic mass is 10.0. The molecule has 3 aromatic carbocycles. The summed E-state index contributed by atoms with van der Waals surface area (Å²) in [6, 6.07) is 25.2. The van der Waals surface area contributed by atoms with E-state index in [9.17, 15) is 9.59 Å². The molecule has 0 aliphatic heterocycles.